The van der Waals surface area contributed by atoms with Crippen LogP contribution >= 0.6 is 0 Å². The quantitative estimate of drug-likeness (QED) is 0.653. The molecule has 0 saturated carbocycles. The molecule has 1 atom stereocenters. The number of benzene rings is 1. The summed E-state index contributed by atoms with van der Waals surface area (Å²) in [5.74, 6) is 7.81. The van der Waals surface area contributed by atoms with E-state index < -0.39 is 0 Å². The summed E-state index contributed by atoms with van der Waals surface area (Å²) in [6.45, 7) is 3.53. The van der Waals surface area contributed by atoms with Crippen LogP contribution in [0.4, 0.5) is 0 Å². The highest BCUT2D eigenvalue weighted by atomic mass is 16.5. The van der Waals surface area contributed by atoms with Gasteiger partial charge in [0.25, 0.3) is 0 Å². The Morgan fingerprint density at radius 1 is 1.50 bits per heavy atom. The fourth-order valence-electron chi connectivity index (χ4n) is 2.15. The first-order valence-corrected chi connectivity index (χ1v) is 6.29. The van der Waals surface area contributed by atoms with Crippen LogP contribution in [0.1, 0.15) is 31.4 Å². The van der Waals surface area contributed by atoms with Gasteiger partial charge in [-0.15, -0.1) is 11.8 Å². The minimum atomic E-state index is 0.336. The molecule has 1 aliphatic heterocycles. The van der Waals surface area contributed by atoms with Crippen LogP contribution in [0.25, 0.3) is 0 Å². The Kier molecular flexibility index (Phi) is 4.49. The number of rotatable bonds is 4. The summed E-state index contributed by atoms with van der Waals surface area (Å²) >= 11 is 0. The molecule has 1 unspecified atom stereocenters. The van der Waals surface area contributed by atoms with Gasteiger partial charge in [-0.1, -0.05) is 0 Å². The first-order valence-electron chi connectivity index (χ1n) is 6.29. The van der Waals surface area contributed by atoms with Crippen molar-refractivity contribution >= 4 is 0 Å². The van der Waals surface area contributed by atoms with Crippen LogP contribution in [-0.2, 0) is 0 Å². The lowest BCUT2D eigenvalue weighted by Gasteiger charge is -2.27. The van der Waals surface area contributed by atoms with Gasteiger partial charge < -0.3 is 14.8 Å². The summed E-state index contributed by atoms with van der Waals surface area (Å²) in [6.07, 6.45) is 1.87. The van der Waals surface area contributed by atoms with E-state index in [9.17, 15) is 0 Å². The number of nitrogens with one attached hydrogen (secondary N) is 1. The minimum absolute atomic E-state index is 0.336. The molecule has 0 aromatic heterocycles. The average Bonchev–Trinajstić information content (AvgIpc) is 2.43. The molecule has 0 spiro atoms. The van der Waals surface area contributed by atoms with Crippen LogP contribution in [0.3, 0.4) is 0 Å². The molecule has 1 aliphatic rings. The Hall–Kier alpha value is -1.66. The Morgan fingerprint density at radius 2 is 2.39 bits per heavy atom. The number of fused-ring (bicyclic) bond motifs is 1. The number of hydrogen-bond acceptors (Lipinski definition) is 3. The number of hydrogen-bond donors (Lipinski definition) is 1. The average molecular weight is 245 g/mol. The third-order valence-electron chi connectivity index (χ3n) is 3.07. The Balaban J connectivity index is 2.07. The Morgan fingerprint density at radius 3 is 3.17 bits per heavy atom. The van der Waals surface area contributed by atoms with Gasteiger partial charge in [-0.05, 0) is 25.1 Å². The molecule has 18 heavy (non-hydrogen) atoms. The molecule has 3 nitrogen and oxygen atoms in total. The highest BCUT2D eigenvalue weighted by Gasteiger charge is 2.21. The van der Waals surface area contributed by atoms with Crippen LogP contribution in [0.15, 0.2) is 18.2 Å². The summed E-state index contributed by atoms with van der Waals surface area (Å²) in [5, 5.41) is 3.53. The summed E-state index contributed by atoms with van der Waals surface area (Å²) in [6, 6.07) is 6.30. The van der Waals surface area contributed by atoms with E-state index in [2.05, 4.69) is 23.2 Å². The summed E-state index contributed by atoms with van der Waals surface area (Å²) in [4.78, 5) is 0. The van der Waals surface area contributed by atoms with Gasteiger partial charge in [-0.25, -0.2) is 0 Å². The lowest BCUT2D eigenvalue weighted by molar-refractivity contribution is 0.252. The van der Waals surface area contributed by atoms with Gasteiger partial charge in [-0.3, -0.25) is 0 Å². The third-order valence-corrected chi connectivity index (χ3v) is 3.07. The van der Waals surface area contributed by atoms with Crippen molar-refractivity contribution in [2.24, 2.45) is 0 Å². The van der Waals surface area contributed by atoms with Crippen LogP contribution in [0.5, 0.6) is 11.5 Å². The largest absolute Gasteiger partial charge is 0.497 e. The van der Waals surface area contributed by atoms with E-state index in [4.69, 9.17) is 9.47 Å². The lowest BCUT2D eigenvalue weighted by atomic mass is 10.00. The zero-order valence-corrected chi connectivity index (χ0v) is 11.0. The fourth-order valence-corrected chi connectivity index (χ4v) is 2.15. The van der Waals surface area contributed by atoms with Crippen molar-refractivity contribution in [1.29, 1.82) is 0 Å². The van der Waals surface area contributed by atoms with E-state index in [-0.39, 0.29) is 0 Å². The van der Waals surface area contributed by atoms with Crippen LogP contribution in [0, 0.1) is 11.8 Å². The molecule has 0 fully saturated rings. The zero-order valence-electron chi connectivity index (χ0n) is 11.0. The molecule has 1 heterocycles. The van der Waals surface area contributed by atoms with Crippen molar-refractivity contribution in [2.75, 3.05) is 20.3 Å². The maximum absolute atomic E-state index is 5.66. The van der Waals surface area contributed by atoms with Crippen molar-refractivity contribution in [3.8, 4) is 23.3 Å². The molecule has 0 aliphatic carbocycles. The first-order chi connectivity index (χ1) is 8.85. The molecular formula is C15H19NO2. The highest BCUT2D eigenvalue weighted by molar-refractivity contribution is 5.43. The zero-order chi connectivity index (χ0) is 12.8. The van der Waals surface area contributed by atoms with Gasteiger partial charge in [0, 0.05) is 31.0 Å². The Bertz CT molecular complexity index is 459. The molecule has 2 rings (SSSR count). The number of methoxy groups -OCH3 is 1. The molecule has 0 saturated heterocycles. The molecular weight excluding hydrogens is 226 g/mol. The van der Waals surface area contributed by atoms with Gasteiger partial charge in [0.05, 0.1) is 13.7 Å². The molecule has 1 aromatic rings. The third kappa shape index (κ3) is 2.96. The van der Waals surface area contributed by atoms with Crippen molar-refractivity contribution in [2.45, 2.75) is 25.8 Å². The standard InChI is InChI=1S/C15H19NO2/c1-3-4-5-9-16-14-8-10-18-15-7-6-12(17-2)11-13(14)15/h6-7,11,14,16H,5,8-10H2,1-2H3. The molecule has 0 bridgehead atoms. The van der Waals surface area contributed by atoms with Gasteiger partial charge in [-0.2, -0.15) is 0 Å². The maximum Gasteiger partial charge on any atom is 0.124 e. The predicted molar refractivity (Wildman–Crippen MR) is 71.9 cm³/mol. The molecule has 3 heteroatoms. The van der Waals surface area contributed by atoms with Gasteiger partial charge in [0.15, 0.2) is 0 Å². The van der Waals surface area contributed by atoms with E-state index >= 15 is 0 Å². The van der Waals surface area contributed by atoms with Crippen molar-refractivity contribution in [1.82, 2.24) is 5.32 Å². The second kappa shape index (κ2) is 6.32. The highest BCUT2D eigenvalue weighted by Crippen LogP contribution is 2.34. The molecule has 0 radical (unpaired) electrons. The lowest BCUT2D eigenvalue weighted by Crippen LogP contribution is -2.27. The van der Waals surface area contributed by atoms with Crippen LogP contribution < -0.4 is 14.8 Å². The molecule has 1 aromatic carbocycles. The number of ether oxygens (including phenoxy) is 2. The van der Waals surface area contributed by atoms with Gasteiger partial charge >= 0.3 is 0 Å². The molecule has 0 amide bonds. The summed E-state index contributed by atoms with van der Waals surface area (Å²) in [7, 11) is 1.69. The molecule has 96 valence electrons. The van der Waals surface area contributed by atoms with Crippen molar-refractivity contribution in [3.05, 3.63) is 23.8 Å². The van der Waals surface area contributed by atoms with Crippen molar-refractivity contribution in [3.63, 3.8) is 0 Å². The van der Waals surface area contributed by atoms with Gasteiger partial charge in [0.1, 0.15) is 11.5 Å². The summed E-state index contributed by atoms with van der Waals surface area (Å²) < 4.78 is 10.9. The van der Waals surface area contributed by atoms with E-state index in [1.807, 2.05) is 19.1 Å². The smallest absolute Gasteiger partial charge is 0.124 e. The summed E-state index contributed by atoms with van der Waals surface area (Å²) in [5.41, 5.74) is 1.19. The topological polar surface area (TPSA) is 30.5 Å². The fraction of sp³-hybridized carbons (Fsp3) is 0.467. The van der Waals surface area contributed by atoms with Crippen molar-refractivity contribution < 1.29 is 9.47 Å². The normalized spacial score (nSPS) is 17.1. The SMILES string of the molecule is CC#CCCNC1CCOc2ccc(OC)cc21. The maximum atomic E-state index is 5.66. The predicted octanol–water partition coefficient (Wildman–Crippen LogP) is 2.52. The monoisotopic (exact) mass is 245 g/mol. The van der Waals surface area contributed by atoms with Gasteiger partial charge in [0.2, 0.25) is 0 Å². The Labute approximate surface area is 108 Å². The van der Waals surface area contributed by atoms with Crippen LogP contribution in [-0.4, -0.2) is 20.3 Å². The minimum Gasteiger partial charge on any atom is -0.497 e. The van der Waals surface area contributed by atoms with E-state index in [0.717, 1.165) is 37.5 Å². The first kappa shape index (κ1) is 12.8. The van der Waals surface area contributed by atoms with E-state index in [1.165, 1.54) is 5.56 Å². The molecule has 1 N–H and O–H groups in total. The second-order valence-electron chi connectivity index (χ2n) is 4.22. The van der Waals surface area contributed by atoms with E-state index in [1.54, 1.807) is 7.11 Å². The second-order valence-corrected chi connectivity index (χ2v) is 4.22. The van der Waals surface area contributed by atoms with Crippen LogP contribution in [0.2, 0.25) is 0 Å². The van der Waals surface area contributed by atoms with E-state index in [0.29, 0.717) is 6.04 Å².